The van der Waals surface area contributed by atoms with Crippen LogP contribution < -0.4 is 5.32 Å². The fraction of sp³-hybridized carbons (Fsp3) is 0.333. The number of hydrogen-bond donors (Lipinski definition) is 1. The molecule has 1 aromatic heterocycles. The van der Waals surface area contributed by atoms with Crippen LogP contribution in [0.5, 0.6) is 0 Å². The Hall–Kier alpha value is -0.910. The van der Waals surface area contributed by atoms with Crippen LogP contribution in [0.25, 0.3) is 0 Å². The van der Waals surface area contributed by atoms with E-state index in [1.165, 1.54) is 0 Å². The molecule has 0 aliphatic rings. The van der Waals surface area contributed by atoms with Crippen molar-refractivity contribution in [2.75, 3.05) is 0 Å². The van der Waals surface area contributed by atoms with Gasteiger partial charge in [-0.05, 0) is 40.5 Å². The highest BCUT2D eigenvalue weighted by molar-refractivity contribution is 9.10. The molecule has 1 aromatic carbocycles. The minimum absolute atomic E-state index is 0.139. The molecule has 2 rings (SSSR count). The van der Waals surface area contributed by atoms with E-state index in [1.807, 2.05) is 29.8 Å². The minimum Gasteiger partial charge on any atom is -0.319 e. The molecule has 0 aliphatic heterocycles. The zero-order chi connectivity index (χ0) is 13.1. The van der Waals surface area contributed by atoms with Crippen LogP contribution in [-0.2, 0) is 13.6 Å². The van der Waals surface area contributed by atoms with Crippen molar-refractivity contribution in [1.82, 2.24) is 20.1 Å². The Bertz CT molecular complexity index is 541. The van der Waals surface area contributed by atoms with Gasteiger partial charge in [0, 0.05) is 18.1 Å². The Kier molecular flexibility index (Phi) is 4.37. The first-order valence-corrected chi connectivity index (χ1v) is 6.76. The van der Waals surface area contributed by atoms with Gasteiger partial charge in [0.2, 0.25) is 0 Å². The lowest BCUT2D eigenvalue weighted by molar-refractivity contribution is 0.528. The molecule has 4 nitrogen and oxygen atoms in total. The summed E-state index contributed by atoms with van der Waals surface area (Å²) >= 11 is 9.43. The molecule has 0 bridgehead atoms. The summed E-state index contributed by atoms with van der Waals surface area (Å²) in [6, 6.07) is 6.07. The highest BCUT2D eigenvalue weighted by atomic mass is 79.9. The van der Waals surface area contributed by atoms with E-state index in [0.29, 0.717) is 0 Å². The number of nitrogens with zero attached hydrogens (tertiary/aromatic N) is 3. The fourth-order valence-corrected chi connectivity index (χ4v) is 2.15. The Balaban J connectivity index is 1.99. The Morgan fingerprint density at radius 3 is 2.89 bits per heavy atom. The summed E-state index contributed by atoms with van der Waals surface area (Å²) in [4.78, 5) is 0. The smallest absolute Gasteiger partial charge is 0.149 e. The van der Waals surface area contributed by atoms with Crippen molar-refractivity contribution in [2.45, 2.75) is 19.5 Å². The van der Waals surface area contributed by atoms with E-state index in [-0.39, 0.29) is 6.04 Å². The average Bonchev–Trinajstić information content (AvgIpc) is 2.77. The second-order valence-corrected chi connectivity index (χ2v) is 5.41. The van der Waals surface area contributed by atoms with Gasteiger partial charge in [-0.3, -0.25) is 0 Å². The third kappa shape index (κ3) is 3.10. The number of benzene rings is 1. The average molecular weight is 330 g/mol. The van der Waals surface area contributed by atoms with Gasteiger partial charge in [0.25, 0.3) is 0 Å². The number of hydrogen-bond acceptors (Lipinski definition) is 3. The van der Waals surface area contributed by atoms with Gasteiger partial charge in [-0.15, -0.1) is 10.2 Å². The molecule has 0 fully saturated rings. The van der Waals surface area contributed by atoms with Crippen LogP contribution in [0.2, 0.25) is 5.02 Å². The number of aromatic nitrogens is 3. The molecule has 6 heteroatoms. The maximum absolute atomic E-state index is 6.05. The first kappa shape index (κ1) is 13.5. The maximum atomic E-state index is 6.05. The van der Waals surface area contributed by atoms with Gasteiger partial charge in [0.15, 0.2) is 0 Å². The van der Waals surface area contributed by atoms with E-state index in [2.05, 4.69) is 38.4 Å². The Labute approximate surface area is 119 Å². The second-order valence-electron chi connectivity index (χ2n) is 4.15. The number of halogens is 2. The fourth-order valence-electron chi connectivity index (χ4n) is 1.70. The molecule has 1 N–H and O–H groups in total. The van der Waals surface area contributed by atoms with Gasteiger partial charge in [-0.1, -0.05) is 17.7 Å². The maximum Gasteiger partial charge on any atom is 0.149 e. The van der Waals surface area contributed by atoms with E-state index in [9.17, 15) is 0 Å². The quantitative estimate of drug-likeness (QED) is 0.937. The van der Waals surface area contributed by atoms with Crippen LogP contribution in [0, 0.1) is 0 Å². The predicted octanol–water partition coefficient (Wildman–Crippen LogP) is 3.08. The molecule has 0 amide bonds. The summed E-state index contributed by atoms with van der Waals surface area (Å²) in [5.41, 5.74) is 1.14. The lowest BCUT2D eigenvalue weighted by Gasteiger charge is -2.13. The second kappa shape index (κ2) is 5.82. The number of rotatable bonds is 4. The molecule has 0 saturated heterocycles. The molecule has 0 spiro atoms. The van der Waals surface area contributed by atoms with E-state index in [0.717, 1.165) is 27.4 Å². The van der Waals surface area contributed by atoms with Gasteiger partial charge in [-0.2, -0.15) is 0 Å². The number of aryl methyl sites for hydroxylation is 1. The largest absolute Gasteiger partial charge is 0.319 e. The molecule has 1 atom stereocenters. The minimum atomic E-state index is 0.139. The summed E-state index contributed by atoms with van der Waals surface area (Å²) in [5.74, 6) is 0.915. The SMILES string of the molecule is CC(NCc1ccc(Br)c(Cl)c1)c1nncn1C. The lowest BCUT2D eigenvalue weighted by Crippen LogP contribution is -2.21. The van der Waals surface area contributed by atoms with Crippen molar-refractivity contribution >= 4 is 27.5 Å². The molecule has 0 radical (unpaired) electrons. The zero-order valence-corrected chi connectivity index (χ0v) is 12.5. The van der Waals surface area contributed by atoms with Gasteiger partial charge < -0.3 is 9.88 Å². The van der Waals surface area contributed by atoms with E-state index < -0.39 is 0 Å². The van der Waals surface area contributed by atoms with Crippen LogP contribution in [0.1, 0.15) is 24.4 Å². The Morgan fingerprint density at radius 1 is 1.50 bits per heavy atom. The molecule has 2 aromatic rings. The summed E-state index contributed by atoms with van der Waals surface area (Å²) in [6.45, 7) is 2.80. The highest BCUT2D eigenvalue weighted by Crippen LogP contribution is 2.23. The lowest BCUT2D eigenvalue weighted by atomic mass is 10.2. The van der Waals surface area contributed by atoms with Gasteiger partial charge in [0.05, 0.1) is 11.1 Å². The van der Waals surface area contributed by atoms with E-state index in [4.69, 9.17) is 11.6 Å². The van der Waals surface area contributed by atoms with Crippen molar-refractivity contribution in [3.8, 4) is 0 Å². The van der Waals surface area contributed by atoms with E-state index in [1.54, 1.807) is 6.33 Å². The standard InChI is InChI=1S/C12H14BrClN4/c1-8(12-17-16-7-18(12)2)15-6-9-3-4-10(13)11(14)5-9/h3-5,7-8,15H,6H2,1-2H3. The van der Waals surface area contributed by atoms with E-state index >= 15 is 0 Å². The topological polar surface area (TPSA) is 42.7 Å². The normalized spacial score (nSPS) is 12.7. The molecular formula is C12H14BrClN4. The third-order valence-corrected chi connectivity index (χ3v) is 3.96. The van der Waals surface area contributed by atoms with Gasteiger partial charge in [0.1, 0.15) is 12.2 Å². The molecule has 96 valence electrons. The highest BCUT2D eigenvalue weighted by Gasteiger charge is 2.10. The number of nitrogens with one attached hydrogen (secondary N) is 1. The van der Waals surface area contributed by atoms with Crippen LogP contribution in [0.15, 0.2) is 29.0 Å². The molecular weight excluding hydrogens is 316 g/mol. The predicted molar refractivity (Wildman–Crippen MR) is 75.4 cm³/mol. The zero-order valence-electron chi connectivity index (χ0n) is 10.2. The Morgan fingerprint density at radius 2 is 2.28 bits per heavy atom. The molecule has 18 heavy (non-hydrogen) atoms. The summed E-state index contributed by atoms with van der Waals surface area (Å²) in [7, 11) is 1.93. The van der Waals surface area contributed by atoms with Crippen molar-refractivity contribution in [3.63, 3.8) is 0 Å². The van der Waals surface area contributed by atoms with Crippen LogP contribution in [-0.4, -0.2) is 14.8 Å². The first-order valence-electron chi connectivity index (χ1n) is 5.59. The van der Waals surface area contributed by atoms with Crippen LogP contribution >= 0.6 is 27.5 Å². The molecule has 1 heterocycles. The summed E-state index contributed by atoms with van der Waals surface area (Å²) < 4.78 is 2.82. The third-order valence-electron chi connectivity index (χ3n) is 2.73. The summed E-state index contributed by atoms with van der Waals surface area (Å²) in [5, 5.41) is 12.1. The van der Waals surface area contributed by atoms with Crippen molar-refractivity contribution in [2.24, 2.45) is 7.05 Å². The molecule has 0 aliphatic carbocycles. The van der Waals surface area contributed by atoms with Gasteiger partial charge >= 0.3 is 0 Å². The first-order chi connectivity index (χ1) is 8.58. The monoisotopic (exact) mass is 328 g/mol. The summed E-state index contributed by atoms with van der Waals surface area (Å²) in [6.07, 6.45) is 1.70. The van der Waals surface area contributed by atoms with Crippen molar-refractivity contribution in [1.29, 1.82) is 0 Å². The van der Waals surface area contributed by atoms with Crippen LogP contribution in [0.3, 0.4) is 0 Å². The van der Waals surface area contributed by atoms with Crippen molar-refractivity contribution < 1.29 is 0 Å². The van der Waals surface area contributed by atoms with Gasteiger partial charge in [-0.25, -0.2) is 0 Å². The molecule has 0 saturated carbocycles. The molecule has 1 unspecified atom stereocenters. The van der Waals surface area contributed by atoms with Crippen molar-refractivity contribution in [3.05, 3.63) is 45.4 Å². The van der Waals surface area contributed by atoms with Crippen LogP contribution in [0.4, 0.5) is 0 Å².